The highest BCUT2D eigenvalue weighted by molar-refractivity contribution is 7.89. The maximum absolute atomic E-state index is 11.9. The van der Waals surface area contributed by atoms with Crippen LogP contribution in [0.25, 0.3) is 0 Å². The van der Waals surface area contributed by atoms with E-state index in [1.807, 2.05) is 6.92 Å². The van der Waals surface area contributed by atoms with E-state index >= 15 is 0 Å². The molecule has 18 heavy (non-hydrogen) atoms. The first-order valence-corrected chi connectivity index (χ1v) is 7.27. The van der Waals surface area contributed by atoms with Crippen LogP contribution in [0.2, 0.25) is 5.02 Å². The molecule has 0 atom stereocenters. The zero-order chi connectivity index (χ0) is 13.8. The summed E-state index contributed by atoms with van der Waals surface area (Å²) in [7, 11) is -3.76. The average Bonchev–Trinajstić information content (AvgIpc) is 2.29. The number of aromatic carboxylic acids is 1. The van der Waals surface area contributed by atoms with Crippen LogP contribution < -0.4 is 4.72 Å². The molecule has 5 nitrogen and oxygen atoms in total. The van der Waals surface area contributed by atoms with Gasteiger partial charge in [-0.1, -0.05) is 24.9 Å². The van der Waals surface area contributed by atoms with E-state index in [0.29, 0.717) is 13.0 Å². The third kappa shape index (κ3) is 3.69. The van der Waals surface area contributed by atoms with Crippen molar-refractivity contribution in [2.45, 2.75) is 24.7 Å². The lowest BCUT2D eigenvalue weighted by molar-refractivity contribution is 0.0696. The van der Waals surface area contributed by atoms with E-state index in [-0.39, 0.29) is 15.5 Å². The molecule has 0 aromatic heterocycles. The van der Waals surface area contributed by atoms with Crippen LogP contribution in [-0.4, -0.2) is 26.0 Å². The van der Waals surface area contributed by atoms with Crippen molar-refractivity contribution in [2.75, 3.05) is 6.54 Å². The highest BCUT2D eigenvalue weighted by Gasteiger charge is 2.19. The number of hydrogen-bond acceptors (Lipinski definition) is 3. The predicted octanol–water partition coefficient (Wildman–Crippen LogP) is 2.12. The summed E-state index contributed by atoms with van der Waals surface area (Å²) in [5, 5.41) is 8.83. The third-order valence-corrected chi connectivity index (χ3v) is 4.23. The molecule has 0 aliphatic heterocycles. The van der Waals surface area contributed by atoms with Crippen molar-refractivity contribution in [3.63, 3.8) is 0 Å². The monoisotopic (exact) mass is 291 g/mol. The summed E-state index contributed by atoms with van der Waals surface area (Å²) in [6.45, 7) is 2.23. The second-order valence-electron chi connectivity index (χ2n) is 3.70. The zero-order valence-electron chi connectivity index (χ0n) is 9.81. The molecule has 2 N–H and O–H groups in total. The van der Waals surface area contributed by atoms with Crippen molar-refractivity contribution in [1.82, 2.24) is 4.72 Å². The number of unbranched alkanes of at least 4 members (excludes halogenated alkanes) is 1. The number of carbonyl (C=O) groups is 1. The Bertz CT molecular complexity index is 542. The van der Waals surface area contributed by atoms with Gasteiger partial charge in [-0.05, 0) is 24.6 Å². The Morgan fingerprint density at radius 1 is 1.44 bits per heavy atom. The Morgan fingerprint density at radius 2 is 2.11 bits per heavy atom. The molecule has 1 aromatic rings. The number of hydrogen-bond donors (Lipinski definition) is 2. The summed E-state index contributed by atoms with van der Waals surface area (Å²) in [4.78, 5) is 10.6. The zero-order valence-corrected chi connectivity index (χ0v) is 11.4. The van der Waals surface area contributed by atoms with Gasteiger partial charge in [0.2, 0.25) is 10.0 Å². The van der Waals surface area contributed by atoms with E-state index in [9.17, 15) is 13.2 Å². The Hall–Kier alpha value is -1.11. The van der Waals surface area contributed by atoms with Gasteiger partial charge < -0.3 is 5.11 Å². The molecule has 0 heterocycles. The number of sulfonamides is 1. The van der Waals surface area contributed by atoms with Gasteiger partial charge in [0.15, 0.2) is 0 Å². The quantitative estimate of drug-likeness (QED) is 0.786. The van der Waals surface area contributed by atoms with Gasteiger partial charge in [0.1, 0.15) is 4.90 Å². The van der Waals surface area contributed by atoms with Crippen LogP contribution in [0.5, 0.6) is 0 Å². The molecular weight excluding hydrogens is 278 g/mol. The maximum Gasteiger partial charge on any atom is 0.335 e. The first-order chi connectivity index (χ1) is 8.38. The summed E-state index contributed by atoms with van der Waals surface area (Å²) >= 11 is 5.79. The van der Waals surface area contributed by atoms with Crippen LogP contribution in [0.3, 0.4) is 0 Å². The number of carboxylic acid groups (broad SMARTS) is 1. The van der Waals surface area contributed by atoms with Gasteiger partial charge in [-0.25, -0.2) is 17.9 Å². The largest absolute Gasteiger partial charge is 0.478 e. The van der Waals surface area contributed by atoms with Crippen molar-refractivity contribution < 1.29 is 18.3 Å². The Balaban J connectivity index is 3.07. The Labute approximate surface area is 111 Å². The fraction of sp³-hybridized carbons (Fsp3) is 0.364. The normalized spacial score (nSPS) is 11.4. The van der Waals surface area contributed by atoms with Gasteiger partial charge in [-0.2, -0.15) is 0 Å². The van der Waals surface area contributed by atoms with Crippen LogP contribution in [0.15, 0.2) is 23.1 Å². The molecule has 1 aromatic carbocycles. The van der Waals surface area contributed by atoms with Crippen LogP contribution in [-0.2, 0) is 10.0 Å². The van der Waals surface area contributed by atoms with Crippen molar-refractivity contribution >= 4 is 27.6 Å². The summed E-state index contributed by atoms with van der Waals surface area (Å²) in [5.74, 6) is -1.20. The predicted molar refractivity (Wildman–Crippen MR) is 68.5 cm³/mol. The summed E-state index contributed by atoms with van der Waals surface area (Å²) in [6, 6.07) is 3.58. The van der Waals surface area contributed by atoms with Gasteiger partial charge in [0.05, 0.1) is 10.6 Å². The minimum atomic E-state index is -3.76. The number of benzene rings is 1. The van der Waals surface area contributed by atoms with E-state index in [2.05, 4.69) is 4.72 Å². The molecule has 0 amide bonds. The highest BCUT2D eigenvalue weighted by Crippen LogP contribution is 2.22. The standard InChI is InChI=1S/C11H14ClNO4S/c1-2-3-6-13-18(16,17)10-7-8(11(14)15)4-5-9(10)12/h4-5,7,13H,2-3,6H2,1H3,(H,14,15). The number of rotatable bonds is 6. The van der Waals surface area contributed by atoms with Crippen molar-refractivity contribution in [3.8, 4) is 0 Å². The lowest BCUT2D eigenvalue weighted by Gasteiger charge is -2.08. The molecule has 0 spiro atoms. The van der Waals surface area contributed by atoms with Crippen molar-refractivity contribution in [1.29, 1.82) is 0 Å². The van der Waals surface area contributed by atoms with E-state index in [1.54, 1.807) is 0 Å². The SMILES string of the molecule is CCCCNS(=O)(=O)c1cc(C(=O)O)ccc1Cl. The van der Waals surface area contributed by atoms with Crippen molar-refractivity contribution in [3.05, 3.63) is 28.8 Å². The van der Waals surface area contributed by atoms with Crippen molar-refractivity contribution in [2.24, 2.45) is 0 Å². The molecule has 0 unspecified atom stereocenters. The van der Waals surface area contributed by atoms with E-state index in [4.69, 9.17) is 16.7 Å². The number of carboxylic acids is 1. The lowest BCUT2D eigenvalue weighted by atomic mass is 10.2. The fourth-order valence-electron chi connectivity index (χ4n) is 1.30. The minimum Gasteiger partial charge on any atom is -0.478 e. The molecule has 0 bridgehead atoms. The van der Waals surface area contributed by atoms with Crippen LogP contribution in [0.4, 0.5) is 0 Å². The van der Waals surface area contributed by atoms with E-state index in [0.717, 1.165) is 12.5 Å². The van der Waals surface area contributed by atoms with Gasteiger partial charge in [0.25, 0.3) is 0 Å². The van der Waals surface area contributed by atoms with Gasteiger partial charge in [0, 0.05) is 6.54 Å². The summed E-state index contributed by atoms with van der Waals surface area (Å²) in [6.07, 6.45) is 1.56. The smallest absolute Gasteiger partial charge is 0.335 e. The number of nitrogens with one attached hydrogen (secondary N) is 1. The second-order valence-corrected chi connectivity index (χ2v) is 5.84. The average molecular weight is 292 g/mol. The van der Waals surface area contributed by atoms with Crippen LogP contribution in [0.1, 0.15) is 30.1 Å². The molecule has 7 heteroatoms. The summed E-state index contributed by atoms with van der Waals surface area (Å²) < 4.78 is 26.2. The molecule has 1 rings (SSSR count). The van der Waals surface area contributed by atoms with E-state index < -0.39 is 16.0 Å². The second kappa shape index (κ2) is 6.17. The minimum absolute atomic E-state index is 0.00370. The topological polar surface area (TPSA) is 83.5 Å². The first-order valence-electron chi connectivity index (χ1n) is 5.41. The third-order valence-electron chi connectivity index (χ3n) is 2.29. The molecule has 0 radical (unpaired) electrons. The molecule has 0 aliphatic rings. The molecule has 100 valence electrons. The first kappa shape index (κ1) is 14.9. The van der Waals surface area contributed by atoms with E-state index in [1.165, 1.54) is 12.1 Å². The fourth-order valence-corrected chi connectivity index (χ4v) is 2.90. The molecule has 0 saturated heterocycles. The Kier molecular flexibility index (Phi) is 5.13. The summed E-state index contributed by atoms with van der Waals surface area (Å²) in [5.41, 5.74) is -0.115. The van der Waals surface area contributed by atoms with Crippen LogP contribution in [0, 0.1) is 0 Å². The van der Waals surface area contributed by atoms with Crippen LogP contribution >= 0.6 is 11.6 Å². The molecule has 0 aliphatic carbocycles. The lowest BCUT2D eigenvalue weighted by Crippen LogP contribution is -2.25. The highest BCUT2D eigenvalue weighted by atomic mass is 35.5. The molecule has 0 fully saturated rings. The molecule has 0 saturated carbocycles. The van der Waals surface area contributed by atoms with Gasteiger partial charge in [-0.15, -0.1) is 0 Å². The van der Waals surface area contributed by atoms with Gasteiger partial charge in [-0.3, -0.25) is 0 Å². The Morgan fingerprint density at radius 3 is 2.67 bits per heavy atom. The maximum atomic E-state index is 11.9. The molecular formula is C11H14ClNO4S. The van der Waals surface area contributed by atoms with Gasteiger partial charge >= 0.3 is 5.97 Å². The number of halogens is 1.